The summed E-state index contributed by atoms with van der Waals surface area (Å²) in [5.74, 6) is -1.44. The van der Waals surface area contributed by atoms with Crippen molar-refractivity contribution in [2.45, 2.75) is 0 Å². The molecule has 1 aromatic carbocycles. The van der Waals surface area contributed by atoms with Crippen LogP contribution in [-0.4, -0.2) is 17.0 Å². The molecule has 19 heavy (non-hydrogen) atoms. The first-order valence-electron chi connectivity index (χ1n) is 5.05. The summed E-state index contributed by atoms with van der Waals surface area (Å²) in [6.07, 6.45) is 0. The van der Waals surface area contributed by atoms with Crippen molar-refractivity contribution in [2.24, 2.45) is 0 Å². The molecule has 98 valence electrons. The number of thiophene rings is 1. The van der Waals surface area contributed by atoms with E-state index in [2.05, 4.69) is 37.2 Å². The number of anilines is 1. The summed E-state index contributed by atoms with van der Waals surface area (Å²) in [4.78, 5) is 23.1. The molecule has 0 aliphatic carbocycles. The van der Waals surface area contributed by atoms with Gasteiger partial charge in [-0.1, -0.05) is 15.9 Å². The van der Waals surface area contributed by atoms with Crippen molar-refractivity contribution in [1.29, 1.82) is 0 Å². The van der Waals surface area contributed by atoms with E-state index in [4.69, 9.17) is 5.11 Å². The number of amides is 1. The van der Waals surface area contributed by atoms with Gasteiger partial charge in [0, 0.05) is 9.85 Å². The van der Waals surface area contributed by atoms with Crippen LogP contribution >= 0.6 is 43.2 Å². The van der Waals surface area contributed by atoms with Crippen LogP contribution in [0.3, 0.4) is 0 Å². The molecule has 0 saturated carbocycles. The highest BCUT2D eigenvalue weighted by atomic mass is 79.9. The van der Waals surface area contributed by atoms with Crippen molar-refractivity contribution >= 4 is 60.8 Å². The van der Waals surface area contributed by atoms with Crippen LogP contribution in [0.1, 0.15) is 20.7 Å². The predicted molar refractivity (Wildman–Crippen MR) is 81.1 cm³/mol. The van der Waals surface area contributed by atoms with Gasteiger partial charge in [0.05, 0.1) is 20.6 Å². The van der Waals surface area contributed by atoms with E-state index in [1.54, 1.807) is 23.6 Å². The van der Waals surface area contributed by atoms with E-state index in [0.29, 0.717) is 10.0 Å². The second kappa shape index (κ2) is 5.85. The molecule has 0 aliphatic rings. The molecule has 2 rings (SSSR count). The number of benzene rings is 1. The summed E-state index contributed by atoms with van der Waals surface area (Å²) >= 11 is 7.86. The average Bonchev–Trinajstić information content (AvgIpc) is 2.78. The minimum absolute atomic E-state index is 0.0389. The van der Waals surface area contributed by atoms with Gasteiger partial charge < -0.3 is 10.4 Å². The highest BCUT2D eigenvalue weighted by Crippen LogP contribution is 2.24. The third-order valence-electron chi connectivity index (χ3n) is 2.29. The van der Waals surface area contributed by atoms with Gasteiger partial charge in [-0.15, -0.1) is 11.3 Å². The molecule has 0 aliphatic heterocycles. The van der Waals surface area contributed by atoms with Crippen molar-refractivity contribution in [1.82, 2.24) is 0 Å². The molecule has 1 aromatic heterocycles. The van der Waals surface area contributed by atoms with E-state index < -0.39 is 5.97 Å². The van der Waals surface area contributed by atoms with E-state index in [1.165, 1.54) is 17.4 Å². The summed E-state index contributed by atoms with van der Waals surface area (Å²) in [6, 6.07) is 6.35. The van der Waals surface area contributed by atoms with Crippen LogP contribution in [0.2, 0.25) is 0 Å². The number of aromatic carboxylic acids is 1. The van der Waals surface area contributed by atoms with Crippen LogP contribution in [0.4, 0.5) is 5.69 Å². The summed E-state index contributed by atoms with van der Waals surface area (Å²) in [5.41, 5.74) is 0.788. The molecular formula is C12H7Br2NO3S. The number of carboxylic acids is 1. The van der Waals surface area contributed by atoms with Crippen LogP contribution < -0.4 is 5.32 Å². The third kappa shape index (κ3) is 3.43. The molecular weight excluding hydrogens is 398 g/mol. The molecule has 0 atom stereocenters. The van der Waals surface area contributed by atoms with Crippen LogP contribution in [-0.2, 0) is 0 Å². The fraction of sp³-hybridized carbons (Fsp3) is 0. The van der Waals surface area contributed by atoms with Crippen LogP contribution in [0.15, 0.2) is 37.9 Å². The summed E-state index contributed by atoms with van der Waals surface area (Å²) in [5, 5.41) is 13.4. The number of halogens is 2. The minimum atomic E-state index is -1.09. The Bertz CT molecular complexity index is 654. The monoisotopic (exact) mass is 403 g/mol. The molecule has 0 radical (unpaired) electrons. The van der Waals surface area contributed by atoms with Gasteiger partial charge in [0.25, 0.3) is 5.91 Å². The first kappa shape index (κ1) is 14.2. The lowest BCUT2D eigenvalue weighted by molar-refractivity contribution is 0.0698. The van der Waals surface area contributed by atoms with Crippen molar-refractivity contribution < 1.29 is 14.7 Å². The lowest BCUT2D eigenvalue weighted by atomic mass is 10.1. The van der Waals surface area contributed by atoms with Crippen LogP contribution in [0.25, 0.3) is 0 Å². The third-order valence-corrected chi connectivity index (χ3v) is 4.29. The van der Waals surface area contributed by atoms with Crippen LogP contribution in [0.5, 0.6) is 0 Å². The number of rotatable bonds is 3. The van der Waals surface area contributed by atoms with Gasteiger partial charge in [-0.05, 0) is 40.2 Å². The molecule has 1 amide bonds. The van der Waals surface area contributed by atoms with Crippen LogP contribution in [0, 0.1) is 0 Å². The Balaban J connectivity index is 2.28. The Hall–Kier alpha value is -1.18. The summed E-state index contributed by atoms with van der Waals surface area (Å²) < 4.78 is 1.48. The molecule has 2 aromatic rings. The fourth-order valence-corrected chi connectivity index (χ4v) is 2.92. The van der Waals surface area contributed by atoms with Gasteiger partial charge in [0.2, 0.25) is 0 Å². The molecule has 7 heteroatoms. The van der Waals surface area contributed by atoms with Crippen molar-refractivity contribution in [3.05, 3.63) is 49.0 Å². The standard InChI is InChI=1S/C12H7Br2NO3S/c13-7-1-2-9(8(4-7)12(17)18)15-11(16)6-3-10(14)19-5-6/h1-5H,(H,15,16)(H,17,18). The normalized spacial score (nSPS) is 10.2. The molecule has 4 nitrogen and oxygen atoms in total. The Morgan fingerprint density at radius 3 is 2.53 bits per heavy atom. The Morgan fingerprint density at radius 1 is 1.21 bits per heavy atom. The maximum absolute atomic E-state index is 12.0. The quantitative estimate of drug-likeness (QED) is 0.804. The van der Waals surface area contributed by atoms with E-state index in [-0.39, 0.29) is 17.2 Å². The molecule has 1 heterocycles. The lowest BCUT2D eigenvalue weighted by Gasteiger charge is -2.08. The van der Waals surface area contributed by atoms with E-state index in [0.717, 1.165) is 3.79 Å². The predicted octanol–water partition coefficient (Wildman–Crippen LogP) is 4.22. The first-order chi connectivity index (χ1) is 8.97. The number of carboxylic acid groups (broad SMARTS) is 1. The van der Waals surface area contributed by atoms with Crippen molar-refractivity contribution in [2.75, 3.05) is 5.32 Å². The van der Waals surface area contributed by atoms with Crippen molar-refractivity contribution in [3.63, 3.8) is 0 Å². The van der Waals surface area contributed by atoms with Gasteiger partial charge in [-0.25, -0.2) is 4.79 Å². The number of carbonyl (C=O) groups is 2. The highest BCUT2D eigenvalue weighted by Gasteiger charge is 2.14. The zero-order chi connectivity index (χ0) is 14.0. The average molecular weight is 405 g/mol. The van der Waals surface area contributed by atoms with Gasteiger partial charge >= 0.3 is 5.97 Å². The Morgan fingerprint density at radius 2 is 1.95 bits per heavy atom. The summed E-state index contributed by atoms with van der Waals surface area (Å²) in [7, 11) is 0. The zero-order valence-electron chi connectivity index (χ0n) is 9.31. The maximum Gasteiger partial charge on any atom is 0.337 e. The Labute approximate surface area is 129 Å². The molecule has 0 unspecified atom stereocenters. The number of hydrogen-bond acceptors (Lipinski definition) is 3. The molecule has 0 spiro atoms. The molecule has 0 fully saturated rings. The van der Waals surface area contributed by atoms with Gasteiger partial charge in [-0.2, -0.15) is 0 Å². The number of carbonyl (C=O) groups excluding carboxylic acids is 1. The van der Waals surface area contributed by atoms with Gasteiger partial charge in [0.15, 0.2) is 0 Å². The molecule has 0 bridgehead atoms. The zero-order valence-corrected chi connectivity index (χ0v) is 13.3. The van der Waals surface area contributed by atoms with Gasteiger partial charge in [-0.3, -0.25) is 4.79 Å². The second-order valence-electron chi connectivity index (χ2n) is 3.59. The second-order valence-corrected chi connectivity index (χ2v) is 6.79. The Kier molecular flexibility index (Phi) is 4.38. The number of nitrogens with one attached hydrogen (secondary N) is 1. The van der Waals surface area contributed by atoms with E-state index in [1.807, 2.05) is 0 Å². The minimum Gasteiger partial charge on any atom is -0.478 e. The topological polar surface area (TPSA) is 66.4 Å². The number of hydrogen-bond donors (Lipinski definition) is 2. The summed E-state index contributed by atoms with van der Waals surface area (Å²) in [6.45, 7) is 0. The first-order valence-corrected chi connectivity index (χ1v) is 7.52. The highest BCUT2D eigenvalue weighted by molar-refractivity contribution is 9.11. The smallest absolute Gasteiger partial charge is 0.337 e. The SMILES string of the molecule is O=C(Nc1ccc(Br)cc1C(=O)O)c1csc(Br)c1. The lowest BCUT2D eigenvalue weighted by Crippen LogP contribution is -2.14. The molecule has 0 saturated heterocycles. The maximum atomic E-state index is 12.0. The van der Waals surface area contributed by atoms with E-state index in [9.17, 15) is 9.59 Å². The van der Waals surface area contributed by atoms with Gasteiger partial charge in [0.1, 0.15) is 0 Å². The fourth-order valence-electron chi connectivity index (χ4n) is 1.43. The molecule has 2 N–H and O–H groups in total. The largest absolute Gasteiger partial charge is 0.478 e. The van der Waals surface area contributed by atoms with E-state index >= 15 is 0 Å². The van der Waals surface area contributed by atoms with Crippen molar-refractivity contribution in [3.8, 4) is 0 Å².